The largest absolute Gasteiger partial charge is 0.495 e. The number of hydrogen-bond donors (Lipinski definition) is 2. The number of benzene rings is 2. The number of ether oxygens (including phenoxy) is 1. The van der Waals surface area contributed by atoms with E-state index in [1.807, 2.05) is 30.3 Å². The van der Waals surface area contributed by atoms with E-state index in [9.17, 15) is 9.59 Å². The average Bonchev–Trinajstić information content (AvgIpc) is 3.09. The van der Waals surface area contributed by atoms with Crippen molar-refractivity contribution < 1.29 is 14.3 Å². The van der Waals surface area contributed by atoms with Gasteiger partial charge >= 0.3 is 0 Å². The fourth-order valence-electron chi connectivity index (χ4n) is 3.22. The number of carbonyl (C=O) groups is 2. The molecule has 0 saturated heterocycles. The van der Waals surface area contributed by atoms with Crippen LogP contribution < -0.4 is 15.4 Å². The first-order valence-corrected chi connectivity index (χ1v) is 7.09. The average molecular weight is 294 g/mol. The quantitative estimate of drug-likeness (QED) is 0.891. The van der Waals surface area contributed by atoms with E-state index >= 15 is 0 Å². The predicted octanol–water partition coefficient (Wildman–Crippen LogP) is 2.10. The summed E-state index contributed by atoms with van der Waals surface area (Å²) >= 11 is 0. The number of fused-ring (bicyclic) bond motifs is 2. The molecule has 2 aromatic carbocycles. The van der Waals surface area contributed by atoms with Gasteiger partial charge in [-0.1, -0.05) is 18.2 Å². The third-order valence-electron chi connectivity index (χ3n) is 4.23. The summed E-state index contributed by atoms with van der Waals surface area (Å²) in [5.74, 6) is 0.574. The number of anilines is 1. The van der Waals surface area contributed by atoms with Crippen molar-refractivity contribution >= 4 is 17.5 Å². The molecule has 2 aliphatic heterocycles. The molecule has 0 atom stereocenters. The van der Waals surface area contributed by atoms with Gasteiger partial charge in [0.2, 0.25) is 5.91 Å². The summed E-state index contributed by atoms with van der Waals surface area (Å²) in [4.78, 5) is 23.6. The van der Waals surface area contributed by atoms with Crippen molar-refractivity contribution in [2.45, 2.75) is 13.0 Å². The van der Waals surface area contributed by atoms with Gasteiger partial charge in [0.15, 0.2) is 0 Å². The Bertz CT molecular complexity index is 827. The number of nitrogens with one attached hydrogen (secondary N) is 2. The smallest absolute Gasteiger partial charge is 0.251 e. The van der Waals surface area contributed by atoms with Gasteiger partial charge in [-0.15, -0.1) is 0 Å². The molecule has 0 saturated carbocycles. The minimum Gasteiger partial charge on any atom is -0.495 e. The molecule has 0 aromatic heterocycles. The van der Waals surface area contributed by atoms with E-state index in [1.165, 1.54) is 0 Å². The molecule has 0 aliphatic carbocycles. The monoisotopic (exact) mass is 294 g/mol. The van der Waals surface area contributed by atoms with Crippen molar-refractivity contribution in [3.63, 3.8) is 0 Å². The lowest BCUT2D eigenvalue weighted by Gasteiger charge is -2.13. The first kappa shape index (κ1) is 12.9. The molecule has 0 fully saturated rings. The zero-order chi connectivity index (χ0) is 15.3. The maximum Gasteiger partial charge on any atom is 0.251 e. The van der Waals surface area contributed by atoms with Gasteiger partial charge in [-0.25, -0.2) is 0 Å². The number of rotatable bonds is 2. The lowest BCUT2D eigenvalue weighted by atomic mass is 9.92. The Kier molecular flexibility index (Phi) is 2.69. The normalized spacial score (nSPS) is 15.1. The van der Waals surface area contributed by atoms with Crippen LogP contribution in [-0.2, 0) is 17.8 Å². The van der Waals surface area contributed by atoms with Crippen molar-refractivity contribution in [2.24, 2.45) is 0 Å². The topological polar surface area (TPSA) is 67.4 Å². The van der Waals surface area contributed by atoms with Crippen molar-refractivity contribution in [2.75, 3.05) is 12.4 Å². The van der Waals surface area contributed by atoms with E-state index in [0.717, 1.165) is 27.9 Å². The molecule has 5 heteroatoms. The predicted molar refractivity (Wildman–Crippen MR) is 81.9 cm³/mol. The third-order valence-corrected chi connectivity index (χ3v) is 4.23. The maximum atomic E-state index is 11.8. The molecule has 2 aliphatic rings. The van der Waals surface area contributed by atoms with Gasteiger partial charge in [-0.05, 0) is 34.4 Å². The summed E-state index contributed by atoms with van der Waals surface area (Å²) in [5.41, 5.74) is 5.32. The van der Waals surface area contributed by atoms with Gasteiger partial charge in [-0.3, -0.25) is 9.59 Å². The highest BCUT2D eigenvalue weighted by atomic mass is 16.5. The minimum atomic E-state index is -0.0452. The lowest BCUT2D eigenvalue weighted by molar-refractivity contribution is -0.115. The molecule has 2 amide bonds. The summed E-state index contributed by atoms with van der Waals surface area (Å²) in [6.07, 6.45) is 0.326. The number of methoxy groups -OCH3 is 1. The van der Waals surface area contributed by atoms with E-state index in [1.54, 1.807) is 7.11 Å². The third kappa shape index (κ3) is 1.72. The molecule has 2 aromatic rings. The van der Waals surface area contributed by atoms with Crippen LogP contribution in [0.25, 0.3) is 11.1 Å². The minimum absolute atomic E-state index is 0.0393. The van der Waals surface area contributed by atoms with E-state index < -0.39 is 0 Å². The summed E-state index contributed by atoms with van der Waals surface area (Å²) in [6.45, 7) is 0.520. The van der Waals surface area contributed by atoms with E-state index in [-0.39, 0.29) is 11.8 Å². The van der Waals surface area contributed by atoms with Crippen LogP contribution in [0.15, 0.2) is 30.3 Å². The second-order valence-electron chi connectivity index (χ2n) is 5.41. The van der Waals surface area contributed by atoms with Crippen LogP contribution in [0.5, 0.6) is 5.75 Å². The van der Waals surface area contributed by atoms with E-state index in [4.69, 9.17) is 4.74 Å². The van der Waals surface area contributed by atoms with Gasteiger partial charge in [0.05, 0.1) is 19.2 Å². The van der Waals surface area contributed by atoms with Crippen molar-refractivity contribution in [3.8, 4) is 16.9 Å². The van der Waals surface area contributed by atoms with Crippen molar-refractivity contribution in [1.29, 1.82) is 0 Å². The van der Waals surface area contributed by atoms with Crippen molar-refractivity contribution in [3.05, 3.63) is 47.0 Å². The molecule has 22 heavy (non-hydrogen) atoms. The highest BCUT2D eigenvalue weighted by molar-refractivity contribution is 6.05. The lowest BCUT2D eigenvalue weighted by Crippen LogP contribution is -2.12. The Morgan fingerprint density at radius 3 is 2.59 bits per heavy atom. The summed E-state index contributed by atoms with van der Waals surface area (Å²) in [7, 11) is 1.59. The van der Waals surface area contributed by atoms with Crippen molar-refractivity contribution in [1.82, 2.24) is 5.32 Å². The van der Waals surface area contributed by atoms with Crippen LogP contribution in [0.1, 0.15) is 21.5 Å². The fourth-order valence-corrected chi connectivity index (χ4v) is 3.22. The van der Waals surface area contributed by atoms with Gasteiger partial charge in [0.1, 0.15) is 5.75 Å². The Hall–Kier alpha value is -2.82. The second kappa shape index (κ2) is 4.59. The zero-order valence-electron chi connectivity index (χ0n) is 12.0. The first-order chi connectivity index (χ1) is 10.7. The van der Waals surface area contributed by atoms with Gasteiger partial charge < -0.3 is 15.4 Å². The van der Waals surface area contributed by atoms with E-state index in [2.05, 4.69) is 10.6 Å². The Morgan fingerprint density at radius 2 is 1.77 bits per heavy atom. The highest BCUT2D eigenvalue weighted by Crippen LogP contribution is 2.41. The second-order valence-corrected chi connectivity index (χ2v) is 5.41. The first-order valence-electron chi connectivity index (χ1n) is 7.09. The van der Waals surface area contributed by atoms with Gasteiger partial charge in [-0.2, -0.15) is 0 Å². The van der Waals surface area contributed by atoms with Crippen LogP contribution in [-0.4, -0.2) is 18.9 Å². The molecule has 110 valence electrons. The summed E-state index contributed by atoms with van der Waals surface area (Å²) in [5, 5.41) is 5.71. The van der Waals surface area contributed by atoms with Crippen LogP contribution >= 0.6 is 0 Å². The van der Waals surface area contributed by atoms with Crippen LogP contribution in [0, 0.1) is 0 Å². The number of carbonyl (C=O) groups excluding carboxylic acids is 2. The zero-order valence-corrected chi connectivity index (χ0v) is 12.0. The van der Waals surface area contributed by atoms with Gasteiger partial charge in [0.25, 0.3) is 5.91 Å². The van der Waals surface area contributed by atoms with Crippen LogP contribution in [0.3, 0.4) is 0 Å². The number of hydrogen-bond acceptors (Lipinski definition) is 3. The molecular weight excluding hydrogens is 280 g/mol. The van der Waals surface area contributed by atoms with E-state index in [0.29, 0.717) is 24.3 Å². The molecule has 0 spiro atoms. The Labute approximate surface area is 127 Å². The summed E-state index contributed by atoms with van der Waals surface area (Å²) in [6, 6.07) is 9.50. The molecule has 4 rings (SSSR count). The standard InChI is InChI=1S/C17H14N2O3/c1-22-14-6-5-10(12-7-15(20)19-16(12)14)9-3-2-4-11-13(9)8-18-17(11)21/h2-6H,7-8H2,1H3,(H,18,21)(H,19,20). The molecule has 5 nitrogen and oxygen atoms in total. The number of amides is 2. The van der Waals surface area contributed by atoms with Gasteiger partial charge in [0, 0.05) is 12.1 Å². The molecule has 0 radical (unpaired) electrons. The summed E-state index contributed by atoms with van der Waals surface area (Å²) < 4.78 is 5.32. The SMILES string of the molecule is COc1ccc(-c2cccc3c2CNC3=O)c2c1NC(=O)C2. The molecule has 2 heterocycles. The Balaban J connectivity index is 1.95. The molecule has 0 bridgehead atoms. The molecule has 2 N–H and O–H groups in total. The fraction of sp³-hybridized carbons (Fsp3) is 0.176. The Morgan fingerprint density at radius 1 is 1.00 bits per heavy atom. The van der Waals surface area contributed by atoms with Crippen LogP contribution in [0.4, 0.5) is 5.69 Å². The maximum absolute atomic E-state index is 11.8. The van der Waals surface area contributed by atoms with Crippen LogP contribution in [0.2, 0.25) is 0 Å². The molecule has 0 unspecified atom stereocenters. The highest BCUT2D eigenvalue weighted by Gasteiger charge is 2.28. The molecular formula is C17H14N2O3.